The molecule has 0 bridgehead atoms. The second-order valence-electron chi connectivity index (χ2n) is 9.01. The van der Waals surface area contributed by atoms with Crippen molar-refractivity contribution in [3.8, 4) is 0 Å². The zero-order valence-corrected chi connectivity index (χ0v) is 21.2. The monoisotopic (exact) mass is 519 g/mol. The lowest BCUT2D eigenvalue weighted by Crippen LogP contribution is -2.35. The molecule has 39 heavy (non-hydrogen) atoms. The number of aryl methyl sites for hydroxylation is 1. The van der Waals surface area contributed by atoms with E-state index in [4.69, 9.17) is 0 Å². The number of rotatable bonds is 6. The normalized spacial score (nSPS) is 15.6. The average Bonchev–Trinajstić information content (AvgIpc) is 3.24. The van der Waals surface area contributed by atoms with Crippen molar-refractivity contribution in [2.24, 2.45) is 0 Å². The number of benzene rings is 2. The van der Waals surface area contributed by atoms with Crippen molar-refractivity contribution in [2.45, 2.75) is 13.8 Å². The predicted octanol–water partition coefficient (Wildman–Crippen LogP) is 3.37. The molecule has 0 fully saturated rings. The maximum absolute atomic E-state index is 12.9. The minimum atomic E-state index is -0.509. The molecule has 0 radical (unpaired) electrons. The summed E-state index contributed by atoms with van der Waals surface area (Å²) in [6, 6.07) is 14.9. The van der Waals surface area contributed by atoms with Gasteiger partial charge in [-0.25, -0.2) is 0 Å². The van der Waals surface area contributed by atoms with Gasteiger partial charge in [-0.3, -0.25) is 30.0 Å². The number of fused-ring (bicyclic) bond motifs is 2. The van der Waals surface area contributed by atoms with Gasteiger partial charge in [0, 0.05) is 29.2 Å². The Hall–Kier alpha value is -5.44. The number of aromatic amines is 1. The average molecular weight is 520 g/mol. The highest BCUT2D eigenvalue weighted by Gasteiger charge is 2.23. The predicted molar refractivity (Wildman–Crippen MR) is 148 cm³/mol. The Labute approximate surface area is 224 Å². The third-order valence-corrected chi connectivity index (χ3v) is 6.56. The van der Waals surface area contributed by atoms with E-state index in [-0.39, 0.29) is 17.3 Å². The van der Waals surface area contributed by atoms with Crippen molar-refractivity contribution < 1.29 is 19.2 Å². The second-order valence-corrected chi connectivity index (χ2v) is 9.01. The van der Waals surface area contributed by atoms with Crippen molar-refractivity contribution >= 4 is 46.7 Å². The van der Waals surface area contributed by atoms with Crippen LogP contribution in [0.15, 0.2) is 73.1 Å². The highest BCUT2D eigenvalue weighted by molar-refractivity contribution is 6.30. The molecular weight excluding hydrogens is 494 g/mol. The van der Waals surface area contributed by atoms with E-state index >= 15 is 0 Å². The van der Waals surface area contributed by atoms with Gasteiger partial charge in [-0.2, -0.15) is 0 Å². The molecule has 1 aromatic heterocycles. The molecule has 1 heterocycles. The van der Waals surface area contributed by atoms with Gasteiger partial charge < -0.3 is 15.8 Å². The van der Waals surface area contributed by atoms with Gasteiger partial charge in [-0.15, -0.1) is 0 Å². The Morgan fingerprint density at radius 1 is 0.692 bits per heavy atom. The fraction of sp³-hybridized carbons (Fsp3) is 0.0667. The summed E-state index contributed by atoms with van der Waals surface area (Å²) in [5.74, 6) is -1.35. The van der Waals surface area contributed by atoms with Crippen molar-refractivity contribution in [1.29, 1.82) is 0 Å². The molecule has 9 heteroatoms. The van der Waals surface area contributed by atoms with Gasteiger partial charge in [0.1, 0.15) is 5.69 Å². The first-order valence-corrected chi connectivity index (χ1v) is 12.2. The minimum absolute atomic E-state index is 0.180. The molecule has 0 saturated heterocycles. The van der Waals surface area contributed by atoms with Crippen LogP contribution in [0.2, 0.25) is 0 Å². The third kappa shape index (κ3) is 4.93. The van der Waals surface area contributed by atoms with E-state index in [9.17, 15) is 19.2 Å². The van der Waals surface area contributed by atoms with E-state index in [1.165, 1.54) is 24.6 Å². The van der Waals surface area contributed by atoms with Crippen LogP contribution in [0.4, 0.5) is 0 Å². The lowest BCUT2D eigenvalue weighted by molar-refractivity contribution is -0.110. The first-order valence-electron chi connectivity index (χ1n) is 12.2. The number of carbonyl (C=O) groups is 4. The molecule has 2 amide bonds. The van der Waals surface area contributed by atoms with E-state index in [1.54, 1.807) is 26.0 Å². The van der Waals surface area contributed by atoms with E-state index < -0.39 is 11.8 Å². The Kier molecular flexibility index (Phi) is 6.79. The third-order valence-electron chi connectivity index (χ3n) is 6.56. The van der Waals surface area contributed by atoms with Crippen LogP contribution in [-0.4, -0.2) is 28.4 Å². The lowest BCUT2D eigenvalue weighted by Gasteiger charge is -2.14. The molecule has 5 rings (SSSR count). The Morgan fingerprint density at radius 3 is 1.72 bits per heavy atom. The van der Waals surface area contributed by atoms with Crippen LogP contribution in [0, 0.1) is 13.8 Å². The number of aromatic nitrogens is 1. The molecule has 0 unspecified atom stereocenters. The first-order chi connectivity index (χ1) is 18.8. The number of nitrogens with one attached hydrogen (secondary N) is 5. The van der Waals surface area contributed by atoms with Gasteiger partial charge in [0.2, 0.25) is 0 Å². The Balaban J connectivity index is 1.25. The van der Waals surface area contributed by atoms with Crippen LogP contribution in [-0.2, 0) is 9.59 Å². The first kappa shape index (κ1) is 25.2. The highest BCUT2D eigenvalue weighted by Crippen LogP contribution is 2.27. The number of carbonyl (C=O) groups excluding carboxylic acids is 4. The summed E-state index contributed by atoms with van der Waals surface area (Å²) in [6.07, 6.45) is 9.35. The van der Waals surface area contributed by atoms with Gasteiger partial charge >= 0.3 is 0 Å². The minimum Gasteiger partial charge on any atom is -0.354 e. The fourth-order valence-corrected chi connectivity index (χ4v) is 4.64. The van der Waals surface area contributed by atoms with Gasteiger partial charge in [-0.05, 0) is 53.8 Å². The summed E-state index contributed by atoms with van der Waals surface area (Å²) in [4.78, 5) is 53.5. The number of H-pyrrole nitrogens is 1. The van der Waals surface area contributed by atoms with Crippen molar-refractivity contribution in [3.05, 3.63) is 118 Å². The van der Waals surface area contributed by atoms with Crippen LogP contribution in [0.5, 0.6) is 0 Å². The molecule has 194 valence electrons. The zero-order chi connectivity index (χ0) is 27.5. The van der Waals surface area contributed by atoms with Crippen LogP contribution in [0.3, 0.4) is 0 Å². The summed E-state index contributed by atoms with van der Waals surface area (Å²) in [6.45, 7) is 3.34. The molecule has 5 N–H and O–H groups in total. The molecule has 0 spiro atoms. The van der Waals surface area contributed by atoms with Crippen LogP contribution < -0.4 is 21.7 Å². The van der Waals surface area contributed by atoms with Crippen molar-refractivity contribution in [2.75, 3.05) is 0 Å². The molecule has 2 aromatic carbocycles. The van der Waals surface area contributed by atoms with Crippen molar-refractivity contribution in [3.63, 3.8) is 0 Å². The van der Waals surface area contributed by atoms with E-state index in [0.717, 1.165) is 22.3 Å². The quantitative estimate of drug-likeness (QED) is 0.251. The Morgan fingerprint density at radius 2 is 1.18 bits per heavy atom. The van der Waals surface area contributed by atoms with Gasteiger partial charge in [0.25, 0.3) is 11.8 Å². The van der Waals surface area contributed by atoms with Crippen molar-refractivity contribution in [1.82, 2.24) is 26.7 Å². The summed E-state index contributed by atoms with van der Waals surface area (Å²) < 4.78 is 0. The standard InChI is InChI=1S/C30H25N5O4/c1-17-27(29(38)34-31-15-23-21-9-5-3-7-19(21)11-13-25(23)36)18(2)33-28(17)30(39)35-32-16-24-22-10-6-4-8-20(22)12-14-26(24)37/h3-16,31-33H,1-2H3,(H,34,38)(H,35,39). The number of allylic oxidation sites excluding steroid dienone is 4. The fourth-order valence-electron chi connectivity index (χ4n) is 4.64. The van der Waals surface area contributed by atoms with Gasteiger partial charge in [0.05, 0.1) is 5.56 Å². The van der Waals surface area contributed by atoms with E-state index in [2.05, 4.69) is 26.7 Å². The zero-order valence-electron chi connectivity index (χ0n) is 21.2. The molecule has 0 atom stereocenters. The van der Waals surface area contributed by atoms with E-state index in [0.29, 0.717) is 28.0 Å². The lowest BCUT2D eigenvalue weighted by atomic mass is 9.92. The molecule has 0 saturated carbocycles. The maximum atomic E-state index is 12.9. The molecule has 2 aliphatic rings. The van der Waals surface area contributed by atoms with Crippen LogP contribution in [0.25, 0.3) is 23.3 Å². The molecule has 9 nitrogen and oxygen atoms in total. The molecule has 0 aliphatic heterocycles. The van der Waals surface area contributed by atoms with Crippen LogP contribution >= 0.6 is 0 Å². The van der Waals surface area contributed by atoms with E-state index in [1.807, 2.05) is 48.5 Å². The Bertz CT molecular complexity index is 1660. The topological polar surface area (TPSA) is 132 Å². The summed E-state index contributed by atoms with van der Waals surface area (Å²) in [5, 5.41) is 0. The summed E-state index contributed by atoms with van der Waals surface area (Å²) in [5.41, 5.74) is 16.1. The molecule has 2 aliphatic carbocycles. The maximum Gasteiger partial charge on any atom is 0.286 e. The molecule has 3 aromatic rings. The number of ketones is 2. The number of amides is 2. The SMILES string of the molecule is Cc1[nH]c(C(=O)NNC=C2C(=O)C=Cc3ccccc32)c(C)c1C(=O)NNC=C1C(=O)C=Cc2ccccc21. The largest absolute Gasteiger partial charge is 0.354 e. The van der Waals surface area contributed by atoms with Gasteiger partial charge in [0.15, 0.2) is 11.6 Å². The second kappa shape index (κ2) is 10.5. The smallest absolute Gasteiger partial charge is 0.286 e. The summed E-state index contributed by atoms with van der Waals surface area (Å²) >= 11 is 0. The highest BCUT2D eigenvalue weighted by atomic mass is 16.2. The van der Waals surface area contributed by atoms with Crippen LogP contribution in [0.1, 0.15) is 54.4 Å². The molecular formula is C30H25N5O4. The number of hydrogen-bond donors (Lipinski definition) is 5. The summed E-state index contributed by atoms with van der Waals surface area (Å²) in [7, 11) is 0. The number of hydrazine groups is 2. The van der Waals surface area contributed by atoms with Gasteiger partial charge in [-0.1, -0.05) is 60.7 Å². The number of hydrogen-bond acceptors (Lipinski definition) is 6.